The molecule has 2 heterocycles. The average Bonchev–Trinajstić information content (AvgIpc) is 3.29. The number of anilines is 1. The number of benzene rings is 2. The van der Waals surface area contributed by atoms with E-state index in [1.54, 1.807) is 29.3 Å². The van der Waals surface area contributed by atoms with Gasteiger partial charge >= 0.3 is 5.97 Å². The van der Waals surface area contributed by atoms with Crippen LogP contribution in [-0.2, 0) is 0 Å². The number of aromatic nitrogens is 1. The third-order valence-electron chi connectivity index (χ3n) is 5.19. The molecular formula is C24H24N4O2. The number of hydrogen-bond donors (Lipinski definition) is 2. The van der Waals surface area contributed by atoms with E-state index in [1.165, 1.54) is 10.9 Å². The second kappa shape index (κ2) is 7.91. The molecule has 152 valence electrons. The molecule has 0 spiro atoms. The minimum Gasteiger partial charge on any atom is -0.478 e. The quantitative estimate of drug-likeness (QED) is 0.653. The van der Waals surface area contributed by atoms with Crippen LogP contribution in [0, 0.1) is 0 Å². The standard InChI is InChI=1S/C24H24N4O2/c1-16(2)27-14-18(21-8-3-4-9-22(21)27)6-5-7-19-15-28(26-23(19)25)20-12-10-17(11-13-20)24(29)30/h3-14,16H,15H2,1-2H3,(H2,25,26)(H,29,30)/b6-5+,19-7+. The van der Waals surface area contributed by atoms with Crippen molar-refractivity contribution >= 4 is 34.5 Å². The van der Waals surface area contributed by atoms with Crippen molar-refractivity contribution in [3.05, 3.63) is 83.6 Å². The van der Waals surface area contributed by atoms with E-state index < -0.39 is 5.97 Å². The van der Waals surface area contributed by atoms with Crippen molar-refractivity contribution in [1.29, 1.82) is 0 Å². The van der Waals surface area contributed by atoms with Crippen LogP contribution in [0.3, 0.4) is 0 Å². The van der Waals surface area contributed by atoms with Gasteiger partial charge in [0, 0.05) is 28.7 Å². The van der Waals surface area contributed by atoms with E-state index in [4.69, 9.17) is 10.8 Å². The van der Waals surface area contributed by atoms with Crippen molar-refractivity contribution in [3.63, 3.8) is 0 Å². The molecule has 1 aliphatic rings. The van der Waals surface area contributed by atoms with E-state index in [0.717, 1.165) is 16.8 Å². The molecule has 0 atom stereocenters. The van der Waals surface area contributed by atoms with E-state index in [1.807, 2.05) is 12.2 Å². The van der Waals surface area contributed by atoms with Gasteiger partial charge in [-0.25, -0.2) is 4.79 Å². The number of hydrazone groups is 1. The predicted octanol–water partition coefficient (Wildman–Crippen LogP) is 4.65. The van der Waals surface area contributed by atoms with Crippen LogP contribution in [0.4, 0.5) is 5.69 Å². The molecule has 0 unspecified atom stereocenters. The third-order valence-corrected chi connectivity index (χ3v) is 5.19. The number of amidine groups is 1. The van der Waals surface area contributed by atoms with E-state index in [-0.39, 0.29) is 5.56 Å². The molecule has 0 amide bonds. The summed E-state index contributed by atoms with van der Waals surface area (Å²) in [7, 11) is 0. The fraction of sp³-hybridized carbons (Fsp3) is 0.167. The van der Waals surface area contributed by atoms with Gasteiger partial charge in [-0.1, -0.05) is 36.4 Å². The lowest BCUT2D eigenvalue weighted by Crippen LogP contribution is -2.13. The van der Waals surface area contributed by atoms with Crippen LogP contribution >= 0.6 is 0 Å². The number of nitrogens with zero attached hydrogens (tertiary/aromatic N) is 3. The molecule has 4 rings (SSSR count). The summed E-state index contributed by atoms with van der Waals surface area (Å²) >= 11 is 0. The van der Waals surface area contributed by atoms with Crippen molar-refractivity contribution in [2.45, 2.75) is 19.9 Å². The Morgan fingerprint density at radius 1 is 1.17 bits per heavy atom. The number of hydrogen-bond acceptors (Lipinski definition) is 4. The molecule has 0 aliphatic carbocycles. The first-order valence-electron chi connectivity index (χ1n) is 9.86. The monoisotopic (exact) mass is 400 g/mol. The lowest BCUT2D eigenvalue weighted by molar-refractivity contribution is 0.0697. The molecule has 0 bridgehead atoms. The zero-order valence-electron chi connectivity index (χ0n) is 17.0. The Labute approximate surface area is 175 Å². The summed E-state index contributed by atoms with van der Waals surface area (Å²) in [5.41, 5.74) is 10.4. The highest BCUT2D eigenvalue weighted by Gasteiger charge is 2.19. The van der Waals surface area contributed by atoms with Crippen LogP contribution in [0.25, 0.3) is 17.0 Å². The van der Waals surface area contributed by atoms with Crippen molar-refractivity contribution in [1.82, 2.24) is 4.57 Å². The first-order chi connectivity index (χ1) is 14.4. The molecule has 1 aliphatic heterocycles. The highest BCUT2D eigenvalue weighted by molar-refractivity contribution is 6.01. The summed E-state index contributed by atoms with van der Waals surface area (Å²) in [6.07, 6.45) is 8.24. The molecule has 0 radical (unpaired) electrons. The fourth-order valence-electron chi connectivity index (χ4n) is 3.59. The third kappa shape index (κ3) is 3.72. The van der Waals surface area contributed by atoms with Crippen molar-refractivity contribution in [2.24, 2.45) is 10.8 Å². The summed E-state index contributed by atoms with van der Waals surface area (Å²) in [6.45, 7) is 4.89. The number of carboxylic acids is 1. The van der Waals surface area contributed by atoms with E-state index in [2.05, 4.69) is 60.1 Å². The molecular weight excluding hydrogens is 376 g/mol. The topological polar surface area (TPSA) is 83.8 Å². The van der Waals surface area contributed by atoms with Gasteiger partial charge < -0.3 is 15.4 Å². The second-order valence-corrected chi connectivity index (χ2v) is 7.55. The van der Waals surface area contributed by atoms with Gasteiger partial charge in [0.25, 0.3) is 0 Å². The number of allylic oxidation sites excluding steroid dienone is 2. The van der Waals surface area contributed by atoms with Crippen molar-refractivity contribution in [2.75, 3.05) is 11.6 Å². The SMILES string of the molecule is CC(C)n1cc(/C=C/C=C2\CN(c3ccc(C(=O)O)cc3)N=C2N)c2ccccc21. The lowest BCUT2D eigenvalue weighted by atomic mass is 10.1. The Balaban J connectivity index is 1.54. The summed E-state index contributed by atoms with van der Waals surface area (Å²) in [6, 6.07) is 15.4. The zero-order valence-corrected chi connectivity index (χ0v) is 17.0. The highest BCUT2D eigenvalue weighted by atomic mass is 16.4. The number of rotatable bonds is 5. The van der Waals surface area contributed by atoms with E-state index in [9.17, 15) is 4.79 Å². The second-order valence-electron chi connectivity index (χ2n) is 7.55. The predicted molar refractivity (Wildman–Crippen MR) is 122 cm³/mol. The van der Waals surface area contributed by atoms with Gasteiger partial charge in [0.1, 0.15) is 5.84 Å². The summed E-state index contributed by atoms with van der Waals surface area (Å²) in [5.74, 6) is -0.484. The van der Waals surface area contributed by atoms with Crippen molar-refractivity contribution < 1.29 is 9.90 Å². The number of nitrogens with two attached hydrogens (primary N) is 1. The van der Waals surface area contributed by atoms with Crippen LogP contribution in [0.5, 0.6) is 0 Å². The molecule has 3 aromatic rings. The molecule has 0 fully saturated rings. The smallest absolute Gasteiger partial charge is 0.335 e. The Bertz CT molecular complexity index is 1180. The largest absolute Gasteiger partial charge is 0.478 e. The molecule has 6 heteroatoms. The van der Waals surface area contributed by atoms with Gasteiger partial charge in [-0.05, 0) is 49.7 Å². The average molecular weight is 400 g/mol. The lowest BCUT2D eigenvalue weighted by Gasteiger charge is -2.13. The summed E-state index contributed by atoms with van der Waals surface area (Å²) < 4.78 is 2.27. The first-order valence-corrected chi connectivity index (χ1v) is 9.86. The van der Waals surface area contributed by atoms with Gasteiger partial charge in [-0.15, -0.1) is 0 Å². The van der Waals surface area contributed by atoms with E-state index >= 15 is 0 Å². The van der Waals surface area contributed by atoms with Crippen LogP contribution in [0.1, 0.15) is 35.8 Å². The number of carbonyl (C=O) groups is 1. The maximum absolute atomic E-state index is 11.0. The maximum atomic E-state index is 11.0. The Kier molecular flexibility index (Phi) is 5.14. The van der Waals surface area contributed by atoms with Gasteiger partial charge in [-0.3, -0.25) is 5.01 Å². The zero-order chi connectivity index (χ0) is 21.3. The normalized spacial score (nSPS) is 15.6. The molecule has 0 saturated heterocycles. The fourth-order valence-corrected chi connectivity index (χ4v) is 3.59. The summed E-state index contributed by atoms with van der Waals surface area (Å²) in [4.78, 5) is 11.0. The Morgan fingerprint density at radius 2 is 1.90 bits per heavy atom. The highest BCUT2D eigenvalue weighted by Crippen LogP contribution is 2.26. The Hall–Kier alpha value is -3.80. The first kappa shape index (κ1) is 19.5. The van der Waals surface area contributed by atoms with Gasteiger partial charge in [0.2, 0.25) is 0 Å². The summed E-state index contributed by atoms with van der Waals surface area (Å²) in [5, 5.41) is 16.4. The minimum atomic E-state index is -0.949. The maximum Gasteiger partial charge on any atom is 0.335 e. The Morgan fingerprint density at radius 3 is 2.60 bits per heavy atom. The van der Waals surface area contributed by atoms with Crippen LogP contribution in [-0.4, -0.2) is 28.0 Å². The van der Waals surface area contributed by atoms with Crippen LogP contribution in [0.15, 0.2) is 77.6 Å². The molecule has 2 aromatic carbocycles. The van der Waals surface area contributed by atoms with Gasteiger partial charge in [0.15, 0.2) is 0 Å². The van der Waals surface area contributed by atoms with Crippen LogP contribution < -0.4 is 10.7 Å². The van der Waals surface area contributed by atoms with Gasteiger partial charge in [0.05, 0.1) is 17.8 Å². The van der Waals surface area contributed by atoms with Crippen molar-refractivity contribution in [3.8, 4) is 0 Å². The van der Waals surface area contributed by atoms with E-state index in [0.29, 0.717) is 18.4 Å². The molecule has 1 aromatic heterocycles. The molecule has 30 heavy (non-hydrogen) atoms. The molecule has 3 N–H and O–H groups in total. The minimum absolute atomic E-state index is 0.245. The molecule has 0 saturated carbocycles. The van der Waals surface area contributed by atoms with Crippen LogP contribution in [0.2, 0.25) is 0 Å². The number of fused-ring (bicyclic) bond motifs is 1. The number of para-hydroxylation sites is 1. The molecule has 6 nitrogen and oxygen atoms in total. The number of carboxylic acid groups (broad SMARTS) is 1. The van der Waals surface area contributed by atoms with Gasteiger partial charge in [-0.2, -0.15) is 5.10 Å². The number of aromatic carboxylic acids is 1.